The number of hydrogen-bond donors (Lipinski definition) is 4. The second-order valence-corrected chi connectivity index (χ2v) is 13.3. The molecule has 2 aromatic rings. The van der Waals surface area contributed by atoms with Gasteiger partial charge >= 0.3 is 12.1 Å². The first-order valence-corrected chi connectivity index (χ1v) is 15.3. The smallest absolute Gasteiger partial charge is 0.407 e. The van der Waals surface area contributed by atoms with Crippen LogP contribution < -0.4 is 21.3 Å². The number of carboxylic acids is 1. The number of aromatic nitrogens is 2. The number of carboxylic acid groups (broad SMARTS) is 1. The van der Waals surface area contributed by atoms with E-state index < -0.39 is 23.6 Å². The molecule has 1 atom stereocenters. The number of carbonyl (C=O) groups is 3. The third-order valence-electron chi connectivity index (χ3n) is 6.70. The van der Waals surface area contributed by atoms with Crippen LogP contribution in [-0.2, 0) is 19.1 Å². The Balaban J connectivity index is 1.51. The van der Waals surface area contributed by atoms with Gasteiger partial charge in [0.05, 0.1) is 36.0 Å². The van der Waals surface area contributed by atoms with Crippen LogP contribution in [0.2, 0.25) is 5.02 Å². The monoisotopic (exact) mass is 636 g/mol. The number of piperidine rings is 1. The van der Waals surface area contributed by atoms with Gasteiger partial charge in [0.2, 0.25) is 5.91 Å². The zero-order chi connectivity index (χ0) is 31.8. The number of nitrogens with zero attached hydrogens (tertiary/aromatic N) is 3. The summed E-state index contributed by atoms with van der Waals surface area (Å²) in [6.07, 6.45) is 2.43. The maximum absolute atomic E-state index is 12.1. The minimum atomic E-state index is -1.05. The van der Waals surface area contributed by atoms with E-state index in [1.807, 2.05) is 27.7 Å². The molecule has 1 aliphatic rings. The first-order chi connectivity index (χ1) is 20.1. The van der Waals surface area contributed by atoms with E-state index >= 15 is 0 Å². The molecule has 0 bridgehead atoms. The van der Waals surface area contributed by atoms with Crippen molar-refractivity contribution in [2.24, 2.45) is 5.41 Å². The summed E-state index contributed by atoms with van der Waals surface area (Å²) in [5.74, 6) is -0.543. The minimum Gasteiger partial charge on any atom is -0.481 e. The van der Waals surface area contributed by atoms with Crippen molar-refractivity contribution in [3.05, 3.63) is 29.4 Å². The van der Waals surface area contributed by atoms with E-state index in [-0.39, 0.29) is 30.2 Å². The number of alkyl carbamates (subject to hydrolysis) is 1. The summed E-state index contributed by atoms with van der Waals surface area (Å²) in [6, 6.07) is 5.14. The molecule has 1 aromatic heterocycles. The van der Waals surface area contributed by atoms with Crippen LogP contribution in [0.3, 0.4) is 0 Å². The van der Waals surface area contributed by atoms with Crippen molar-refractivity contribution in [2.75, 3.05) is 42.2 Å². The second-order valence-electron chi connectivity index (χ2n) is 11.9. The first-order valence-electron chi connectivity index (χ1n) is 14.1. The van der Waals surface area contributed by atoms with E-state index in [0.29, 0.717) is 39.6 Å². The van der Waals surface area contributed by atoms with Gasteiger partial charge in [0.1, 0.15) is 16.4 Å². The Morgan fingerprint density at radius 1 is 1.23 bits per heavy atom. The second kappa shape index (κ2) is 14.9. The van der Waals surface area contributed by atoms with E-state index in [2.05, 4.69) is 32.4 Å². The Morgan fingerprint density at radius 2 is 1.93 bits per heavy atom. The van der Waals surface area contributed by atoms with Crippen LogP contribution in [0.25, 0.3) is 0 Å². The van der Waals surface area contributed by atoms with Crippen LogP contribution in [0.5, 0.6) is 0 Å². The Kier molecular flexibility index (Phi) is 11.9. The van der Waals surface area contributed by atoms with Crippen molar-refractivity contribution in [1.29, 1.82) is 0 Å². The summed E-state index contributed by atoms with van der Waals surface area (Å²) in [7, 11) is 0. The van der Waals surface area contributed by atoms with Gasteiger partial charge in [-0.1, -0.05) is 36.4 Å². The fraction of sp³-hybridized carbons (Fsp3) is 0.552. The molecule has 0 radical (unpaired) electrons. The highest BCUT2D eigenvalue weighted by Gasteiger charge is 2.32. The molecule has 0 saturated carbocycles. The van der Waals surface area contributed by atoms with Gasteiger partial charge in [-0.05, 0) is 58.1 Å². The average Bonchev–Trinajstić information content (AvgIpc) is 2.92. The molecule has 14 heteroatoms. The quantitative estimate of drug-likeness (QED) is 0.241. The molecule has 5 N–H and O–H groups in total. The molecule has 1 fully saturated rings. The number of benzene rings is 1. The van der Waals surface area contributed by atoms with Gasteiger partial charge in [0.15, 0.2) is 5.82 Å². The van der Waals surface area contributed by atoms with Gasteiger partial charge in [-0.3, -0.25) is 9.59 Å². The van der Waals surface area contributed by atoms with Gasteiger partial charge in [-0.15, -0.1) is 0 Å². The van der Waals surface area contributed by atoms with E-state index in [0.717, 1.165) is 25.9 Å². The number of amides is 2. The first kappa shape index (κ1) is 34.2. The normalized spacial score (nSPS) is 15.4. The maximum atomic E-state index is 12.1. The van der Waals surface area contributed by atoms with Crippen LogP contribution in [0, 0.1) is 5.41 Å². The summed E-state index contributed by atoms with van der Waals surface area (Å²) >= 11 is 7.74. The molecule has 0 spiro atoms. The highest BCUT2D eigenvalue weighted by molar-refractivity contribution is 7.99. The van der Waals surface area contributed by atoms with E-state index in [4.69, 9.17) is 31.9 Å². The third kappa shape index (κ3) is 11.0. The molecule has 43 heavy (non-hydrogen) atoms. The zero-order valence-electron chi connectivity index (χ0n) is 25.2. The molecular weight excluding hydrogens is 596 g/mol. The number of nitrogens with two attached hydrogens (primary N) is 1. The van der Waals surface area contributed by atoms with Crippen molar-refractivity contribution in [1.82, 2.24) is 15.3 Å². The van der Waals surface area contributed by atoms with Crippen molar-refractivity contribution >= 4 is 58.7 Å². The van der Waals surface area contributed by atoms with Crippen molar-refractivity contribution < 1.29 is 29.0 Å². The number of hydrogen-bond acceptors (Lipinski definition) is 10. The van der Waals surface area contributed by atoms with Gasteiger partial charge in [0, 0.05) is 31.0 Å². The van der Waals surface area contributed by atoms with Gasteiger partial charge in [-0.2, -0.15) is 0 Å². The number of aliphatic carboxylic acids is 1. The summed E-state index contributed by atoms with van der Waals surface area (Å²) in [6.45, 7) is 12.1. The Morgan fingerprint density at radius 3 is 2.56 bits per heavy atom. The number of halogens is 1. The van der Waals surface area contributed by atoms with Crippen LogP contribution >= 0.6 is 23.4 Å². The van der Waals surface area contributed by atoms with E-state index in [9.17, 15) is 14.4 Å². The van der Waals surface area contributed by atoms with Crippen molar-refractivity contribution in [2.45, 2.75) is 81.9 Å². The van der Waals surface area contributed by atoms with Gasteiger partial charge < -0.3 is 35.8 Å². The van der Waals surface area contributed by atoms with Crippen molar-refractivity contribution in [3.63, 3.8) is 0 Å². The summed E-state index contributed by atoms with van der Waals surface area (Å²) in [5.41, 5.74) is 6.09. The SMILES string of the molecule is C[C@@H](CNC(=O)OC(C)(C)C)OCC1(C)CCN(c2cnc(Sc3cccc(NC(=O)CCC(=O)O)c3Cl)c(N)n2)CC1. The molecule has 2 amide bonds. The fourth-order valence-electron chi connectivity index (χ4n) is 4.20. The molecule has 1 aromatic carbocycles. The zero-order valence-corrected chi connectivity index (χ0v) is 26.8. The maximum Gasteiger partial charge on any atom is 0.407 e. The number of ether oxygens (including phenoxy) is 2. The molecule has 3 rings (SSSR count). The molecule has 2 heterocycles. The van der Waals surface area contributed by atoms with Crippen LogP contribution in [0.1, 0.15) is 60.3 Å². The number of nitrogens with one attached hydrogen (secondary N) is 2. The van der Waals surface area contributed by atoms with E-state index in [1.54, 1.807) is 24.4 Å². The summed E-state index contributed by atoms with van der Waals surface area (Å²) < 4.78 is 11.3. The lowest BCUT2D eigenvalue weighted by Gasteiger charge is -2.40. The average molecular weight is 637 g/mol. The Bertz CT molecular complexity index is 1300. The Hall–Kier alpha value is -3.29. The number of anilines is 3. The van der Waals surface area contributed by atoms with Gasteiger partial charge in [-0.25, -0.2) is 14.8 Å². The highest BCUT2D eigenvalue weighted by Crippen LogP contribution is 2.39. The van der Waals surface area contributed by atoms with Crippen LogP contribution in [0.15, 0.2) is 34.3 Å². The molecule has 236 valence electrons. The fourth-order valence-corrected chi connectivity index (χ4v) is 5.30. The van der Waals surface area contributed by atoms with Crippen molar-refractivity contribution in [3.8, 4) is 0 Å². The van der Waals surface area contributed by atoms with Gasteiger partial charge in [0.25, 0.3) is 0 Å². The molecule has 1 saturated heterocycles. The molecule has 0 unspecified atom stereocenters. The lowest BCUT2D eigenvalue weighted by Crippen LogP contribution is -2.43. The number of nitrogen functional groups attached to an aromatic ring is 1. The molecule has 12 nitrogen and oxygen atoms in total. The third-order valence-corrected chi connectivity index (χ3v) is 8.29. The lowest BCUT2D eigenvalue weighted by atomic mass is 9.81. The molecular formula is C29H41ClN6O6S. The topological polar surface area (TPSA) is 169 Å². The predicted octanol–water partition coefficient (Wildman–Crippen LogP) is 5.20. The van der Waals surface area contributed by atoms with Crippen LogP contribution in [0.4, 0.5) is 22.1 Å². The Labute approximate surface area is 261 Å². The highest BCUT2D eigenvalue weighted by atomic mass is 35.5. The molecule has 1 aliphatic heterocycles. The minimum absolute atomic E-state index is 0.0176. The predicted molar refractivity (Wildman–Crippen MR) is 167 cm³/mol. The standard InChI is InChI=1S/C29H41ClN6O6S/c1-18(15-33-27(40)42-28(2,3)4)41-17-29(5)11-13-36(14-12-29)21-16-32-26(25(31)35-21)43-20-8-6-7-19(24(20)30)34-22(37)9-10-23(38)39/h6-8,16,18H,9-15,17H2,1-5H3,(H2,31,35)(H,33,40)(H,34,37)(H,38,39)/t18-/m0/s1. The number of carbonyl (C=O) groups excluding carboxylic acids is 2. The van der Waals surface area contributed by atoms with Crippen LogP contribution in [-0.4, -0.2) is 71.0 Å². The number of rotatable bonds is 12. The lowest BCUT2D eigenvalue weighted by molar-refractivity contribution is -0.138. The summed E-state index contributed by atoms with van der Waals surface area (Å²) in [5, 5.41) is 15.0. The van der Waals surface area contributed by atoms with E-state index in [1.165, 1.54) is 11.8 Å². The molecule has 0 aliphatic carbocycles. The largest absolute Gasteiger partial charge is 0.481 e. The summed E-state index contributed by atoms with van der Waals surface area (Å²) in [4.78, 5) is 46.6.